The Balaban J connectivity index is 1.86. The molecule has 0 radical (unpaired) electrons. The molecule has 1 aliphatic rings. The van der Waals surface area contributed by atoms with Crippen LogP contribution < -0.4 is 15.4 Å². The first-order valence-corrected chi connectivity index (χ1v) is 8.24. The number of halogens is 2. The lowest BCUT2D eigenvalue weighted by atomic mass is 9.84. The molecule has 1 unspecified atom stereocenters. The normalized spacial score (nSPS) is 20.8. The van der Waals surface area contributed by atoms with Gasteiger partial charge in [-0.1, -0.05) is 12.1 Å². The maximum absolute atomic E-state index is 12.3. The van der Waals surface area contributed by atoms with Crippen LogP contribution in [0.1, 0.15) is 18.4 Å². The van der Waals surface area contributed by atoms with Crippen LogP contribution in [0.15, 0.2) is 29.3 Å². The molecule has 1 fully saturated rings. The molecule has 1 aromatic rings. The molecule has 1 aromatic carbocycles. The summed E-state index contributed by atoms with van der Waals surface area (Å²) in [4.78, 5) is 4.17. The average Bonchev–Trinajstić information content (AvgIpc) is 3.04. The topological polar surface area (TPSA) is 75.1 Å². The molecule has 1 aliphatic heterocycles. The van der Waals surface area contributed by atoms with Crippen molar-refractivity contribution in [3.63, 3.8) is 0 Å². The molecule has 1 atom stereocenters. The van der Waals surface area contributed by atoms with Crippen LogP contribution in [-0.4, -0.2) is 51.1 Å². The summed E-state index contributed by atoms with van der Waals surface area (Å²) in [7, 11) is 1.66. The molecule has 140 valence electrons. The highest BCUT2D eigenvalue weighted by Crippen LogP contribution is 2.31. The fourth-order valence-corrected chi connectivity index (χ4v) is 2.82. The van der Waals surface area contributed by atoms with Crippen molar-refractivity contribution >= 4 is 5.96 Å². The van der Waals surface area contributed by atoms with Crippen LogP contribution in [0.2, 0.25) is 0 Å². The standard InChI is InChI=1S/C17H25F2N3O3/c1-20-16(22-11-17(5-7-23)6-8-24-12-17)21-10-13-3-2-4-14(9-13)25-15(18)19/h2-4,9,15,23H,5-8,10-12H2,1H3,(H2,20,21,22). The molecule has 0 aliphatic carbocycles. The van der Waals surface area contributed by atoms with E-state index in [1.54, 1.807) is 19.2 Å². The Labute approximate surface area is 146 Å². The molecule has 1 heterocycles. The molecule has 0 aromatic heterocycles. The summed E-state index contributed by atoms with van der Waals surface area (Å²) >= 11 is 0. The number of aliphatic hydroxyl groups is 1. The third-order valence-electron chi connectivity index (χ3n) is 4.27. The van der Waals surface area contributed by atoms with E-state index in [4.69, 9.17) is 4.74 Å². The number of hydrogen-bond donors (Lipinski definition) is 3. The van der Waals surface area contributed by atoms with Gasteiger partial charge in [-0.15, -0.1) is 0 Å². The van der Waals surface area contributed by atoms with E-state index in [0.717, 1.165) is 12.0 Å². The molecule has 3 N–H and O–H groups in total. The second kappa shape index (κ2) is 9.53. The number of rotatable bonds is 8. The molecule has 25 heavy (non-hydrogen) atoms. The van der Waals surface area contributed by atoms with Crippen LogP contribution in [-0.2, 0) is 11.3 Å². The van der Waals surface area contributed by atoms with E-state index in [1.165, 1.54) is 6.07 Å². The van der Waals surface area contributed by atoms with Gasteiger partial charge in [0.25, 0.3) is 0 Å². The van der Waals surface area contributed by atoms with Gasteiger partial charge < -0.3 is 25.2 Å². The fourth-order valence-electron chi connectivity index (χ4n) is 2.82. The molecule has 0 bridgehead atoms. The largest absolute Gasteiger partial charge is 0.435 e. The zero-order chi connectivity index (χ0) is 18.1. The second-order valence-electron chi connectivity index (χ2n) is 6.08. The number of ether oxygens (including phenoxy) is 2. The highest BCUT2D eigenvalue weighted by atomic mass is 19.3. The van der Waals surface area contributed by atoms with E-state index in [-0.39, 0.29) is 17.8 Å². The summed E-state index contributed by atoms with van der Waals surface area (Å²) in [6.45, 7) is -0.344. The molecule has 2 rings (SSSR count). The summed E-state index contributed by atoms with van der Waals surface area (Å²) < 4.78 is 34.4. The lowest BCUT2D eigenvalue weighted by molar-refractivity contribution is -0.0498. The summed E-state index contributed by atoms with van der Waals surface area (Å²) in [5.41, 5.74) is 0.715. The monoisotopic (exact) mass is 357 g/mol. The van der Waals surface area contributed by atoms with Gasteiger partial charge in [0, 0.05) is 38.8 Å². The van der Waals surface area contributed by atoms with E-state index in [9.17, 15) is 13.9 Å². The lowest BCUT2D eigenvalue weighted by Crippen LogP contribution is -2.44. The molecule has 8 heteroatoms. The van der Waals surface area contributed by atoms with Crippen molar-refractivity contribution in [2.45, 2.75) is 26.0 Å². The highest BCUT2D eigenvalue weighted by Gasteiger charge is 2.34. The predicted molar refractivity (Wildman–Crippen MR) is 90.8 cm³/mol. The van der Waals surface area contributed by atoms with Crippen molar-refractivity contribution in [2.24, 2.45) is 10.4 Å². The zero-order valence-corrected chi connectivity index (χ0v) is 14.3. The Bertz CT molecular complexity index is 564. The van der Waals surface area contributed by atoms with Gasteiger partial charge in [0.15, 0.2) is 5.96 Å². The van der Waals surface area contributed by atoms with Crippen LogP contribution in [0.5, 0.6) is 5.75 Å². The minimum Gasteiger partial charge on any atom is -0.435 e. The first-order valence-electron chi connectivity index (χ1n) is 8.24. The summed E-state index contributed by atoms with van der Waals surface area (Å²) in [5, 5.41) is 15.7. The van der Waals surface area contributed by atoms with Gasteiger partial charge >= 0.3 is 6.61 Å². The second-order valence-corrected chi connectivity index (χ2v) is 6.08. The molecular weight excluding hydrogens is 332 g/mol. The van der Waals surface area contributed by atoms with Crippen molar-refractivity contribution in [3.05, 3.63) is 29.8 Å². The molecule has 0 spiro atoms. The Kier molecular flexibility index (Phi) is 7.39. The SMILES string of the molecule is CN=C(NCc1cccc(OC(F)F)c1)NCC1(CCO)CCOC1. The number of nitrogens with one attached hydrogen (secondary N) is 2. The minimum atomic E-state index is -2.84. The Morgan fingerprint density at radius 2 is 2.28 bits per heavy atom. The van der Waals surface area contributed by atoms with Crippen molar-refractivity contribution in [3.8, 4) is 5.75 Å². The summed E-state index contributed by atoms with van der Waals surface area (Å²) in [6.07, 6.45) is 1.56. The first kappa shape index (κ1) is 19.4. The van der Waals surface area contributed by atoms with Gasteiger partial charge in [-0.05, 0) is 30.5 Å². The van der Waals surface area contributed by atoms with Crippen molar-refractivity contribution < 1.29 is 23.4 Å². The Morgan fingerprint density at radius 1 is 1.44 bits per heavy atom. The molecular formula is C17H25F2N3O3. The van der Waals surface area contributed by atoms with E-state index < -0.39 is 6.61 Å². The number of aliphatic hydroxyl groups excluding tert-OH is 1. The number of aliphatic imine (C=N–C) groups is 1. The number of alkyl halides is 2. The van der Waals surface area contributed by atoms with Crippen LogP contribution in [0.4, 0.5) is 8.78 Å². The van der Waals surface area contributed by atoms with Gasteiger partial charge in [0.1, 0.15) is 5.75 Å². The number of hydrogen-bond acceptors (Lipinski definition) is 4. The molecule has 1 saturated heterocycles. The quantitative estimate of drug-likeness (QED) is 0.488. The van der Waals surface area contributed by atoms with E-state index in [2.05, 4.69) is 20.4 Å². The average molecular weight is 357 g/mol. The smallest absolute Gasteiger partial charge is 0.387 e. The van der Waals surface area contributed by atoms with Gasteiger partial charge in [0.2, 0.25) is 0 Å². The maximum atomic E-state index is 12.3. The Morgan fingerprint density at radius 3 is 2.92 bits per heavy atom. The van der Waals surface area contributed by atoms with E-state index >= 15 is 0 Å². The van der Waals surface area contributed by atoms with Crippen molar-refractivity contribution in [1.29, 1.82) is 0 Å². The van der Waals surface area contributed by atoms with Crippen molar-refractivity contribution in [2.75, 3.05) is 33.4 Å². The maximum Gasteiger partial charge on any atom is 0.387 e. The van der Waals surface area contributed by atoms with Gasteiger partial charge in [0.05, 0.1) is 6.61 Å². The highest BCUT2D eigenvalue weighted by molar-refractivity contribution is 5.79. The first-order chi connectivity index (χ1) is 12.1. The lowest BCUT2D eigenvalue weighted by Gasteiger charge is -2.27. The third kappa shape index (κ3) is 6.13. The fraction of sp³-hybridized carbons (Fsp3) is 0.588. The van der Waals surface area contributed by atoms with Crippen LogP contribution in [0.3, 0.4) is 0 Å². The molecule has 0 saturated carbocycles. The van der Waals surface area contributed by atoms with E-state index in [0.29, 0.717) is 38.7 Å². The predicted octanol–water partition coefficient (Wildman–Crippen LogP) is 1.74. The van der Waals surface area contributed by atoms with Crippen LogP contribution in [0.25, 0.3) is 0 Å². The van der Waals surface area contributed by atoms with Crippen molar-refractivity contribution in [1.82, 2.24) is 10.6 Å². The van der Waals surface area contributed by atoms with Crippen LogP contribution in [0, 0.1) is 5.41 Å². The number of benzene rings is 1. The zero-order valence-electron chi connectivity index (χ0n) is 14.3. The Hall–Kier alpha value is -1.93. The molecule has 6 nitrogen and oxygen atoms in total. The van der Waals surface area contributed by atoms with Gasteiger partial charge in [-0.3, -0.25) is 4.99 Å². The van der Waals surface area contributed by atoms with Gasteiger partial charge in [-0.25, -0.2) is 0 Å². The number of nitrogens with zero attached hydrogens (tertiary/aromatic N) is 1. The van der Waals surface area contributed by atoms with Crippen LogP contribution >= 0.6 is 0 Å². The van der Waals surface area contributed by atoms with E-state index in [1.807, 2.05) is 6.07 Å². The third-order valence-corrected chi connectivity index (χ3v) is 4.27. The number of guanidine groups is 1. The summed E-state index contributed by atoms with van der Waals surface area (Å²) in [6, 6.07) is 6.53. The summed E-state index contributed by atoms with van der Waals surface area (Å²) in [5.74, 6) is 0.728. The van der Waals surface area contributed by atoms with Gasteiger partial charge in [-0.2, -0.15) is 8.78 Å². The molecule has 0 amide bonds. The minimum absolute atomic E-state index is 0.0859.